The molecule has 2 aromatic rings. The van der Waals surface area contributed by atoms with Gasteiger partial charge < -0.3 is 19.5 Å². The monoisotopic (exact) mass is 417 g/mol. The maximum absolute atomic E-state index is 12.8. The molecular weight excluding hydrogens is 400 g/mol. The number of alkyl halides is 2. The topological polar surface area (TPSA) is 56.8 Å². The number of thioether (sulfide) groups is 1. The van der Waals surface area contributed by atoms with Crippen molar-refractivity contribution in [3.05, 3.63) is 40.9 Å². The third-order valence-electron chi connectivity index (χ3n) is 3.54. The lowest BCUT2D eigenvalue weighted by Crippen LogP contribution is -2.15. The van der Waals surface area contributed by atoms with Crippen LogP contribution in [0.2, 0.25) is 5.02 Å². The van der Waals surface area contributed by atoms with Crippen molar-refractivity contribution >= 4 is 35.0 Å². The number of rotatable bonds is 8. The van der Waals surface area contributed by atoms with E-state index in [4.69, 9.17) is 25.8 Å². The van der Waals surface area contributed by atoms with Gasteiger partial charge in [0.2, 0.25) is 11.7 Å². The second-order valence-electron chi connectivity index (χ2n) is 5.25. The first-order valence-electron chi connectivity index (χ1n) is 7.71. The minimum atomic E-state index is -2.66. The van der Waals surface area contributed by atoms with E-state index in [1.807, 2.05) is 0 Å². The van der Waals surface area contributed by atoms with Crippen molar-refractivity contribution in [2.45, 2.75) is 17.1 Å². The molecule has 0 unspecified atom stereocenters. The molecule has 27 heavy (non-hydrogen) atoms. The number of carbonyl (C=O) groups excluding carboxylic acids is 1. The molecule has 5 nitrogen and oxygen atoms in total. The van der Waals surface area contributed by atoms with Crippen molar-refractivity contribution in [2.75, 3.05) is 26.6 Å². The lowest BCUT2D eigenvalue weighted by Gasteiger charge is -2.15. The number of nitrogens with one attached hydrogen (secondary N) is 1. The molecule has 1 N–H and O–H groups in total. The van der Waals surface area contributed by atoms with Crippen LogP contribution in [0.4, 0.5) is 14.5 Å². The first-order valence-corrected chi connectivity index (χ1v) is 8.97. The highest BCUT2D eigenvalue weighted by Crippen LogP contribution is 2.39. The van der Waals surface area contributed by atoms with Gasteiger partial charge in [0.05, 0.1) is 43.4 Å². The van der Waals surface area contributed by atoms with E-state index in [-0.39, 0.29) is 33.8 Å². The van der Waals surface area contributed by atoms with Crippen molar-refractivity contribution in [1.29, 1.82) is 0 Å². The number of ether oxygens (including phenoxy) is 3. The molecule has 1 amide bonds. The van der Waals surface area contributed by atoms with Gasteiger partial charge in [-0.15, -0.1) is 0 Å². The molecule has 9 heteroatoms. The minimum absolute atomic E-state index is 0.0258. The summed E-state index contributed by atoms with van der Waals surface area (Å²) >= 11 is 6.26. The van der Waals surface area contributed by atoms with Crippen molar-refractivity contribution in [1.82, 2.24) is 0 Å². The van der Waals surface area contributed by atoms with Crippen LogP contribution in [0.15, 0.2) is 35.2 Å². The molecule has 0 atom stereocenters. The van der Waals surface area contributed by atoms with Crippen LogP contribution in [-0.2, 0) is 11.2 Å². The fraction of sp³-hybridized carbons (Fsp3) is 0.278. The number of carbonyl (C=O) groups is 1. The van der Waals surface area contributed by atoms with Gasteiger partial charge in [-0.25, -0.2) is 0 Å². The summed E-state index contributed by atoms with van der Waals surface area (Å²) in [6, 6.07) is 7.87. The molecule has 2 rings (SSSR count). The molecule has 0 fully saturated rings. The first kappa shape index (κ1) is 21.1. The van der Waals surface area contributed by atoms with Gasteiger partial charge in [0.25, 0.3) is 5.76 Å². The number of methoxy groups -OCH3 is 3. The van der Waals surface area contributed by atoms with Crippen molar-refractivity contribution in [2.24, 2.45) is 0 Å². The number of hydrogen-bond acceptors (Lipinski definition) is 5. The quantitative estimate of drug-likeness (QED) is 0.621. The standard InChI is InChI=1S/C18H18ClF2NO4S/c1-24-13-7-10(8-14(25-2)16(13)26-3)9-15(23)22-12-6-4-5-11(19)17(12)27-18(20)21/h4-8,18H,9H2,1-3H3,(H,22,23). The van der Waals surface area contributed by atoms with Crippen LogP contribution in [0.3, 0.4) is 0 Å². The highest BCUT2D eigenvalue weighted by atomic mass is 35.5. The Hall–Kier alpha value is -2.19. The number of amides is 1. The van der Waals surface area contributed by atoms with Crippen molar-refractivity contribution in [3.63, 3.8) is 0 Å². The molecule has 0 heterocycles. The van der Waals surface area contributed by atoms with Crippen LogP contribution in [-0.4, -0.2) is 33.0 Å². The Balaban J connectivity index is 2.23. The Morgan fingerprint density at radius 2 is 1.78 bits per heavy atom. The Morgan fingerprint density at radius 3 is 2.30 bits per heavy atom. The zero-order chi connectivity index (χ0) is 20.0. The summed E-state index contributed by atoms with van der Waals surface area (Å²) in [6.07, 6.45) is -0.0258. The Bertz CT molecular complexity index is 795. The van der Waals surface area contributed by atoms with Gasteiger partial charge >= 0.3 is 0 Å². The summed E-state index contributed by atoms with van der Waals surface area (Å²) in [7, 11) is 4.43. The van der Waals surface area contributed by atoms with Crippen LogP contribution in [0.5, 0.6) is 17.2 Å². The Kier molecular flexibility index (Phi) is 7.55. The average Bonchev–Trinajstić information content (AvgIpc) is 2.63. The number of hydrogen-bond donors (Lipinski definition) is 1. The largest absolute Gasteiger partial charge is 0.493 e. The summed E-state index contributed by atoms with van der Waals surface area (Å²) in [5.74, 6) is -1.82. The van der Waals surface area contributed by atoms with Crippen LogP contribution in [0, 0.1) is 0 Å². The van der Waals surface area contributed by atoms with Gasteiger partial charge in [-0.3, -0.25) is 4.79 Å². The van der Waals surface area contributed by atoms with E-state index in [9.17, 15) is 13.6 Å². The van der Waals surface area contributed by atoms with E-state index >= 15 is 0 Å². The van der Waals surface area contributed by atoms with Crippen molar-refractivity contribution < 1.29 is 27.8 Å². The minimum Gasteiger partial charge on any atom is -0.493 e. The van der Waals surface area contributed by atoms with Crippen LogP contribution in [0.1, 0.15) is 5.56 Å². The van der Waals surface area contributed by atoms with Gasteiger partial charge in [-0.1, -0.05) is 29.4 Å². The van der Waals surface area contributed by atoms with Gasteiger partial charge in [0, 0.05) is 0 Å². The van der Waals surface area contributed by atoms with Crippen LogP contribution >= 0.6 is 23.4 Å². The molecule has 2 aromatic carbocycles. The zero-order valence-electron chi connectivity index (χ0n) is 14.8. The molecule has 0 bridgehead atoms. The van der Waals surface area contributed by atoms with Gasteiger partial charge in [-0.05, 0) is 29.8 Å². The van der Waals surface area contributed by atoms with Gasteiger partial charge in [0.15, 0.2) is 11.5 Å². The van der Waals surface area contributed by atoms with E-state index in [0.29, 0.717) is 22.8 Å². The maximum atomic E-state index is 12.8. The SMILES string of the molecule is COc1cc(CC(=O)Nc2cccc(Cl)c2SC(F)F)cc(OC)c1OC. The van der Waals surface area contributed by atoms with E-state index in [2.05, 4.69) is 5.32 Å². The fourth-order valence-corrected chi connectivity index (χ4v) is 3.35. The summed E-state index contributed by atoms with van der Waals surface area (Å²) < 4.78 is 41.3. The molecular formula is C18H18ClF2NO4S. The molecule has 0 spiro atoms. The third kappa shape index (κ3) is 5.40. The van der Waals surface area contributed by atoms with E-state index < -0.39 is 11.7 Å². The molecule has 146 valence electrons. The normalized spacial score (nSPS) is 10.6. The van der Waals surface area contributed by atoms with E-state index in [1.165, 1.54) is 33.5 Å². The predicted octanol–water partition coefficient (Wildman–Crippen LogP) is 4.86. The van der Waals surface area contributed by atoms with Crippen LogP contribution < -0.4 is 19.5 Å². The van der Waals surface area contributed by atoms with Crippen molar-refractivity contribution in [3.8, 4) is 17.2 Å². The number of benzene rings is 2. The average molecular weight is 418 g/mol. The fourth-order valence-electron chi connectivity index (χ4n) is 2.43. The lowest BCUT2D eigenvalue weighted by atomic mass is 10.1. The first-order chi connectivity index (χ1) is 12.9. The molecule has 0 saturated carbocycles. The summed E-state index contributed by atoms with van der Waals surface area (Å²) in [5, 5.41) is 2.76. The Labute approximate surface area is 164 Å². The molecule has 0 aliphatic heterocycles. The molecule has 0 saturated heterocycles. The molecule has 0 aliphatic rings. The third-order valence-corrected chi connectivity index (χ3v) is 4.82. The molecule has 0 aliphatic carbocycles. The molecule has 0 aromatic heterocycles. The second-order valence-corrected chi connectivity index (χ2v) is 6.66. The number of anilines is 1. The van der Waals surface area contributed by atoms with Gasteiger partial charge in [0.1, 0.15) is 0 Å². The van der Waals surface area contributed by atoms with E-state index in [1.54, 1.807) is 18.2 Å². The second kappa shape index (κ2) is 9.66. The summed E-state index contributed by atoms with van der Waals surface area (Å²) in [6.45, 7) is 0. The highest BCUT2D eigenvalue weighted by Gasteiger charge is 2.18. The summed E-state index contributed by atoms with van der Waals surface area (Å²) in [5.41, 5.74) is 0.831. The number of halogens is 3. The van der Waals surface area contributed by atoms with Gasteiger partial charge in [-0.2, -0.15) is 8.78 Å². The van der Waals surface area contributed by atoms with E-state index in [0.717, 1.165) is 0 Å². The smallest absolute Gasteiger partial charge is 0.289 e. The zero-order valence-corrected chi connectivity index (χ0v) is 16.4. The lowest BCUT2D eigenvalue weighted by molar-refractivity contribution is -0.115. The predicted molar refractivity (Wildman–Crippen MR) is 102 cm³/mol. The maximum Gasteiger partial charge on any atom is 0.289 e. The van der Waals surface area contributed by atoms with Crippen LogP contribution in [0.25, 0.3) is 0 Å². The highest BCUT2D eigenvalue weighted by molar-refractivity contribution is 7.99. The molecule has 0 radical (unpaired) electrons. The summed E-state index contributed by atoms with van der Waals surface area (Å²) in [4.78, 5) is 12.5. The Morgan fingerprint density at radius 1 is 1.15 bits per heavy atom.